The second-order valence-electron chi connectivity index (χ2n) is 12.0. The molecular weight excluding hydrogens is 623 g/mol. The Morgan fingerprint density at radius 2 is 0.938 bits per heavy atom. The summed E-state index contributed by atoms with van der Waals surface area (Å²) in [5, 5.41) is 7.52. The van der Waals surface area contributed by atoms with Crippen molar-refractivity contribution in [3.05, 3.63) is 152 Å². The van der Waals surface area contributed by atoms with Gasteiger partial charge in [0.05, 0.1) is 0 Å². The third-order valence-electron chi connectivity index (χ3n) is 9.11. The predicted octanol–water partition coefficient (Wildman–Crippen LogP) is 12.4. The number of hydrogen-bond acceptors (Lipinski definition) is 5. The van der Waals surface area contributed by atoms with E-state index in [9.17, 15) is 0 Å². The third kappa shape index (κ3) is 4.36. The Morgan fingerprint density at radius 3 is 1.77 bits per heavy atom. The lowest BCUT2D eigenvalue weighted by Gasteiger charge is -2.12. The lowest BCUT2D eigenvalue weighted by Crippen LogP contribution is -2.00. The number of benzene rings is 7. The van der Waals surface area contributed by atoms with E-state index < -0.39 is 0 Å². The maximum absolute atomic E-state index is 5.21. The van der Waals surface area contributed by atoms with Crippen LogP contribution in [0.15, 0.2) is 152 Å². The van der Waals surface area contributed by atoms with Crippen LogP contribution in [0.1, 0.15) is 0 Å². The quantitative estimate of drug-likeness (QED) is 0.191. The van der Waals surface area contributed by atoms with E-state index in [4.69, 9.17) is 15.0 Å². The van der Waals surface area contributed by atoms with Crippen LogP contribution in [-0.2, 0) is 0 Å². The molecule has 0 spiro atoms. The first-order valence-electron chi connectivity index (χ1n) is 15.9. The molecule has 0 aliphatic heterocycles. The van der Waals surface area contributed by atoms with Gasteiger partial charge in [0.1, 0.15) is 0 Å². The number of aromatic nitrogens is 3. The molecule has 0 radical (unpaired) electrons. The molecule has 224 valence electrons. The average molecular weight is 648 g/mol. The summed E-state index contributed by atoms with van der Waals surface area (Å²) in [5.74, 6) is 1.99. The van der Waals surface area contributed by atoms with E-state index in [0.29, 0.717) is 17.5 Å². The van der Waals surface area contributed by atoms with Crippen molar-refractivity contribution in [3.8, 4) is 45.3 Å². The van der Waals surface area contributed by atoms with Crippen molar-refractivity contribution in [2.24, 2.45) is 0 Å². The monoisotopic (exact) mass is 647 g/mol. The van der Waals surface area contributed by atoms with Gasteiger partial charge in [0.2, 0.25) is 0 Å². The number of rotatable bonds is 4. The van der Waals surface area contributed by atoms with Crippen molar-refractivity contribution in [1.29, 1.82) is 0 Å². The van der Waals surface area contributed by atoms with Gasteiger partial charge >= 0.3 is 0 Å². The van der Waals surface area contributed by atoms with Crippen LogP contribution >= 0.6 is 22.7 Å². The molecule has 0 amide bonds. The Labute approximate surface area is 284 Å². The molecule has 0 fully saturated rings. The Morgan fingerprint density at radius 1 is 0.354 bits per heavy atom. The molecule has 0 bridgehead atoms. The zero-order valence-electron chi connectivity index (χ0n) is 25.6. The van der Waals surface area contributed by atoms with Gasteiger partial charge in [-0.05, 0) is 52.2 Å². The molecule has 0 atom stereocenters. The molecule has 7 aromatic carbocycles. The molecule has 0 aliphatic rings. The van der Waals surface area contributed by atoms with Gasteiger partial charge < -0.3 is 0 Å². The molecule has 48 heavy (non-hydrogen) atoms. The molecule has 10 aromatic rings. The first-order chi connectivity index (χ1) is 23.8. The van der Waals surface area contributed by atoms with Crippen LogP contribution in [0.2, 0.25) is 0 Å². The summed E-state index contributed by atoms with van der Waals surface area (Å²) in [6.45, 7) is 0. The van der Waals surface area contributed by atoms with Crippen molar-refractivity contribution >= 4 is 73.8 Å². The molecule has 5 heteroatoms. The van der Waals surface area contributed by atoms with E-state index >= 15 is 0 Å². The van der Waals surface area contributed by atoms with E-state index in [0.717, 1.165) is 22.3 Å². The Bertz CT molecular complexity index is 2850. The molecule has 3 nitrogen and oxygen atoms in total. The zero-order valence-corrected chi connectivity index (χ0v) is 27.2. The topological polar surface area (TPSA) is 38.7 Å². The van der Waals surface area contributed by atoms with E-state index in [1.807, 2.05) is 29.5 Å². The Balaban J connectivity index is 1.21. The minimum absolute atomic E-state index is 0.657. The van der Waals surface area contributed by atoms with Crippen LogP contribution in [0.4, 0.5) is 0 Å². The van der Waals surface area contributed by atoms with Crippen LogP contribution in [0.3, 0.4) is 0 Å². The number of hydrogen-bond donors (Lipinski definition) is 0. The van der Waals surface area contributed by atoms with Gasteiger partial charge in [0.15, 0.2) is 17.5 Å². The van der Waals surface area contributed by atoms with E-state index in [1.165, 1.54) is 56.7 Å². The van der Waals surface area contributed by atoms with Crippen molar-refractivity contribution in [3.63, 3.8) is 0 Å². The molecule has 0 unspecified atom stereocenters. The second kappa shape index (κ2) is 10.9. The maximum atomic E-state index is 5.21. The molecule has 3 heterocycles. The van der Waals surface area contributed by atoms with Crippen LogP contribution in [0, 0.1) is 0 Å². The standard InChI is InChI=1S/C43H25N3S2/c1-2-12-26(13-3-1)41-44-42(46-43(45-41)33-20-11-23-37-38(33)31-18-6-8-21-35(31)47-37)29-16-10-15-27(24-29)34-25-28-14-4-5-17-30(28)40-39(34)32-19-7-9-22-36(32)48-40/h1-25H. The van der Waals surface area contributed by atoms with E-state index in [1.54, 1.807) is 11.3 Å². The normalized spacial score (nSPS) is 11.8. The molecule has 3 aromatic heterocycles. The highest BCUT2D eigenvalue weighted by atomic mass is 32.1. The summed E-state index contributed by atoms with van der Waals surface area (Å²) in [7, 11) is 0. The van der Waals surface area contributed by atoms with Crippen molar-refractivity contribution in [2.75, 3.05) is 0 Å². The smallest absolute Gasteiger partial charge is 0.164 e. The van der Waals surface area contributed by atoms with E-state index in [-0.39, 0.29) is 0 Å². The van der Waals surface area contributed by atoms with Crippen LogP contribution in [0.25, 0.3) is 96.4 Å². The fraction of sp³-hybridized carbons (Fsp3) is 0. The summed E-state index contributed by atoms with van der Waals surface area (Å²) in [5.41, 5.74) is 5.29. The van der Waals surface area contributed by atoms with Crippen molar-refractivity contribution in [2.45, 2.75) is 0 Å². The van der Waals surface area contributed by atoms with E-state index in [2.05, 4.69) is 133 Å². The first kappa shape index (κ1) is 27.4. The van der Waals surface area contributed by atoms with Crippen LogP contribution in [-0.4, -0.2) is 15.0 Å². The van der Waals surface area contributed by atoms with Crippen molar-refractivity contribution in [1.82, 2.24) is 15.0 Å². The van der Waals surface area contributed by atoms with Gasteiger partial charge in [-0.25, -0.2) is 15.0 Å². The lowest BCUT2D eigenvalue weighted by molar-refractivity contribution is 1.08. The van der Waals surface area contributed by atoms with Gasteiger partial charge in [0, 0.05) is 57.0 Å². The highest BCUT2D eigenvalue weighted by molar-refractivity contribution is 7.27. The lowest BCUT2D eigenvalue weighted by atomic mass is 9.94. The van der Waals surface area contributed by atoms with Gasteiger partial charge in [-0.2, -0.15) is 0 Å². The van der Waals surface area contributed by atoms with Gasteiger partial charge in [0.25, 0.3) is 0 Å². The molecule has 10 rings (SSSR count). The fourth-order valence-electron chi connectivity index (χ4n) is 6.92. The largest absolute Gasteiger partial charge is 0.208 e. The van der Waals surface area contributed by atoms with Crippen LogP contribution < -0.4 is 0 Å². The van der Waals surface area contributed by atoms with Crippen LogP contribution in [0.5, 0.6) is 0 Å². The SMILES string of the molecule is c1ccc(-c2nc(-c3cccc(-c4cc5ccccc5c5sc6ccccc6c45)c3)nc(-c3cccc4sc5ccccc5c34)n2)cc1. The molecule has 0 aliphatic carbocycles. The van der Waals surface area contributed by atoms with Crippen molar-refractivity contribution < 1.29 is 0 Å². The number of nitrogens with zero attached hydrogens (tertiary/aromatic N) is 3. The fourth-order valence-corrected chi connectivity index (χ4v) is 9.31. The number of thiophene rings is 2. The maximum Gasteiger partial charge on any atom is 0.164 e. The zero-order chi connectivity index (χ0) is 31.6. The minimum atomic E-state index is 0.657. The summed E-state index contributed by atoms with van der Waals surface area (Å²) < 4.78 is 5.10. The van der Waals surface area contributed by atoms with Gasteiger partial charge in [-0.1, -0.05) is 121 Å². The summed E-state index contributed by atoms with van der Waals surface area (Å²) >= 11 is 3.67. The molecule has 0 saturated carbocycles. The highest BCUT2D eigenvalue weighted by Gasteiger charge is 2.19. The Kier molecular flexibility index (Phi) is 6.22. The summed E-state index contributed by atoms with van der Waals surface area (Å²) in [4.78, 5) is 15.4. The van der Waals surface area contributed by atoms with Gasteiger partial charge in [-0.3, -0.25) is 0 Å². The molecular formula is C43H25N3S2. The average Bonchev–Trinajstić information content (AvgIpc) is 3.74. The third-order valence-corrected chi connectivity index (χ3v) is 11.5. The van der Waals surface area contributed by atoms with Gasteiger partial charge in [-0.15, -0.1) is 22.7 Å². The highest BCUT2D eigenvalue weighted by Crippen LogP contribution is 2.45. The minimum Gasteiger partial charge on any atom is -0.208 e. The second-order valence-corrected chi connectivity index (χ2v) is 14.1. The predicted molar refractivity (Wildman–Crippen MR) is 205 cm³/mol. The summed E-state index contributed by atoms with van der Waals surface area (Å²) in [6, 6.07) is 53.7. The number of fused-ring (bicyclic) bond motifs is 8. The summed E-state index contributed by atoms with van der Waals surface area (Å²) in [6.07, 6.45) is 0. The molecule has 0 saturated heterocycles. The molecule has 0 N–H and O–H groups in total. The first-order valence-corrected chi connectivity index (χ1v) is 17.6. The Hall–Kier alpha value is -5.75.